The summed E-state index contributed by atoms with van der Waals surface area (Å²) in [5, 5.41) is 0.813. The first-order valence-electron chi connectivity index (χ1n) is 7.14. The molecule has 0 saturated heterocycles. The van der Waals surface area contributed by atoms with Gasteiger partial charge in [0.25, 0.3) is 0 Å². The van der Waals surface area contributed by atoms with E-state index in [2.05, 4.69) is 9.97 Å². The van der Waals surface area contributed by atoms with Crippen LogP contribution in [-0.4, -0.2) is 18.9 Å². The van der Waals surface area contributed by atoms with Crippen molar-refractivity contribution in [3.05, 3.63) is 78.8 Å². The summed E-state index contributed by atoms with van der Waals surface area (Å²) in [6.45, 7) is 0. The maximum absolute atomic E-state index is 13.4. The van der Waals surface area contributed by atoms with Gasteiger partial charge in [-0.1, -0.05) is 23.9 Å². The number of fused-ring (bicyclic) bond motifs is 1. The smallest absolute Gasteiger partial charge is 0.172 e. The van der Waals surface area contributed by atoms with Crippen LogP contribution in [0.4, 0.5) is 4.39 Å². The van der Waals surface area contributed by atoms with Gasteiger partial charge in [-0.3, -0.25) is 4.57 Å². The monoisotopic (exact) mass is 324 g/mol. The molecular weight excluding hydrogens is 311 g/mol. The van der Waals surface area contributed by atoms with E-state index in [9.17, 15) is 4.39 Å². The second kappa shape index (κ2) is 5.89. The lowest BCUT2D eigenvalue weighted by Crippen LogP contribution is -1.96. The molecule has 4 aromatic rings. The van der Waals surface area contributed by atoms with Crippen molar-refractivity contribution in [2.24, 2.45) is 0 Å². The molecule has 0 bridgehead atoms. The topological polar surface area (TPSA) is 35.1 Å². The van der Waals surface area contributed by atoms with E-state index < -0.39 is 0 Å². The second-order valence-corrected chi connectivity index (χ2v) is 5.99. The highest BCUT2D eigenvalue weighted by Crippen LogP contribution is 2.24. The number of nitrogens with zero attached hydrogens (tertiary/aromatic N) is 4. The summed E-state index contributed by atoms with van der Waals surface area (Å²) in [6, 6.07) is 12.4. The number of pyridine rings is 1. The molecular formula is C17H13FN4S. The Morgan fingerprint density at radius 2 is 2.04 bits per heavy atom. The van der Waals surface area contributed by atoms with Gasteiger partial charge in [-0.15, -0.1) is 0 Å². The summed E-state index contributed by atoms with van der Waals surface area (Å²) in [5.41, 5.74) is 2.67. The van der Waals surface area contributed by atoms with Gasteiger partial charge in [-0.25, -0.2) is 14.4 Å². The van der Waals surface area contributed by atoms with Gasteiger partial charge in [-0.2, -0.15) is 0 Å². The van der Waals surface area contributed by atoms with Gasteiger partial charge in [0, 0.05) is 30.5 Å². The fourth-order valence-corrected chi connectivity index (χ4v) is 3.27. The summed E-state index contributed by atoms with van der Waals surface area (Å²) < 4.78 is 17.3. The molecule has 0 amide bonds. The van der Waals surface area contributed by atoms with Gasteiger partial charge >= 0.3 is 0 Å². The van der Waals surface area contributed by atoms with Crippen molar-refractivity contribution < 1.29 is 4.39 Å². The SMILES string of the molecule is Fc1cccc(-n2ccnc2SCc2cn3ccccc3n2)c1. The van der Waals surface area contributed by atoms with E-state index in [0.29, 0.717) is 5.75 Å². The molecule has 3 aromatic heterocycles. The van der Waals surface area contributed by atoms with Gasteiger partial charge in [-0.05, 0) is 30.3 Å². The lowest BCUT2D eigenvalue weighted by molar-refractivity contribution is 0.626. The maximum atomic E-state index is 13.4. The molecule has 3 heterocycles. The number of thioether (sulfide) groups is 1. The minimum atomic E-state index is -0.257. The van der Waals surface area contributed by atoms with E-state index in [-0.39, 0.29) is 5.82 Å². The highest BCUT2D eigenvalue weighted by Gasteiger charge is 2.08. The molecule has 0 fully saturated rings. The lowest BCUT2D eigenvalue weighted by Gasteiger charge is -2.06. The van der Waals surface area contributed by atoms with Crippen LogP contribution >= 0.6 is 11.8 Å². The van der Waals surface area contributed by atoms with Crippen molar-refractivity contribution in [2.45, 2.75) is 10.9 Å². The Kier molecular flexibility index (Phi) is 3.59. The summed E-state index contributed by atoms with van der Waals surface area (Å²) in [4.78, 5) is 8.93. The molecule has 0 N–H and O–H groups in total. The molecule has 4 rings (SSSR count). The normalized spacial score (nSPS) is 11.2. The van der Waals surface area contributed by atoms with E-state index in [4.69, 9.17) is 0 Å². The number of imidazole rings is 2. The molecule has 0 saturated carbocycles. The molecule has 0 radical (unpaired) electrons. The van der Waals surface area contributed by atoms with Crippen LogP contribution in [0.25, 0.3) is 11.3 Å². The van der Waals surface area contributed by atoms with Crippen molar-refractivity contribution in [2.75, 3.05) is 0 Å². The van der Waals surface area contributed by atoms with E-state index in [1.807, 2.05) is 51.8 Å². The first-order valence-corrected chi connectivity index (χ1v) is 8.13. The minimum absolute atomic E-state index is 0.257. The summed E-state index contributed by atoms with van der Waals surface area (Å²) >= 11 is 1.58. The zero-order chi connectivity index (χ0) is 15.6. The summed E-state index contributed by atoms with van der Waals surface area (Å²) in [6.07, 6.45) is 7.54. The number of aromatic nitrogens is 4. The number of hydrogen-bond acceptors (Lipinski definition) is 3. The summed E-state index contributed by atoms with van der Waals surface area (Å²) in [7, 11) is 0. The molecule has 0 aliphatic rings. The van der Waals surface area contributed by atoms with Crippen LogP contribution in [-0.2, 0) is 5.75 Å². The van der Waals surface area contributed by atoms with Crippen LogP contribution in [0.5, 0.6) is 0 Å². The molecule has 0 aliphatic heterocycles. The van der Waals surface area contributed by atoms with E-state index in [0.717, 1.165) is 22.2 Å². The Balaban J connectivity index is 1.57. The second-order valence-electron chi connectivity index (χ2n) is 5.05. The van der Waals surface area contributed by atoms with E-state index in [1.54, 1.807) is 24.0 Å². The number of halogens is 1. The highest BCUT2D eigenvalue weighted by molar-refractivity contribution is 7.98. The van der Waals surface area contributed by atoms with Crippen molar-refractivity contribution in [3.8, 4) is 5.69 Å². The summed E-state index contributed by atoms with van der Waals surface area (Å²) in [5.74, 6) is 0.445. The third-order valence-corrected chi connectivity index (χ3v) is 4.46. The zero-order valence-corrected chi connectivity index (χ0v) is 12.9. The predicted molar refractivity (Wildman–Crippen MR) is 88.3 cm³/mol. The maximum Gasteiger partial charge on any atom is 0.172 e. The quantitative estimate of drug-likeness (QED) is 0.533. The van der Waals surface area contributed by atoms with Crippen molar-refractivity contribution in [3.63, 3.8) is 0 Å². The fourth-order valence-electron chi connectivity index (χ4n) is 2.41. The molecule has 114 valence electrons. The molecule has 4 nitrogen and oxygen atoms in total. The Bertz CT molecular complexity index is 927. The van der Waals surface area contributed by atoms with Gasteiger partial charge < -0.3 is 4.40 Å². The largest absolute Gasteiger partial charge is 0.307 e. The van der Waals surface area contributed by atoms with Crippen LogP contribution in [0, 0.1) is 5.82 Å². The molecule has 0 unspecified atom stereocenters. The van der Waals surface area contributed by atoms with Crippen LogP contribution < -0.4 is 0 Å². The molecule has 1 aromatic carbocycles. The van der Waals surface area contributed by atoms with Crippen LogP contribution in [0.15, 0.2) is 72.4 Å². The van der Waals surface area contributed by atoms with Crippen molar-refractivity contribution >= 4 is 17.4 Å². The number of hydrogen-bond donors (Lipinski definition) is 0. The molecule has 0 aliphatic carbocycles. The Morgan fingerprint density at radius 1 is 1.09 bits per heavy atom. The fraction of sp³-hybridized carbons (Fsp3) is 0.0588. The van der Waals surface area contributed by atoms with E-state index in [1.165, 1.54) is 12.1 Å². The zero-order valence-electron chi connectivity index (χ0n) is 12.1. The van der Waals surface area contributed by atoms with Crippen LogP contribution in [0.3, 0.4) is 0 Å². The number of benzene rings is 1. The Morgan fingerprint density at radius 3 is 2.91 bits per heavy atom. The van der Waals surface area contributed by atoms with Crippen LogP contribution in [0.1, 0.15) is 5.69 Å². The first-order chi connectivity index (χ1) is 11.3. The minimum Gasteiger partial charge on any atom is -0.307 e. The standard InChI is InChI=1S/C17H13FN4S/c18-13-4-3-5-15(10-13)22-9-7-19-17(22)23-12-14-11-21-8-2-1-6-16(21)20-14/h1-11H,12H2. The van der Waals surface area contributed by atoms with Gasteiger partial charge in [0.1, 0.15) is 11.5 Å². The van der Waals surface area contributed by atoms with Gasteiger partial charge in [0.15, 0.2) is 5.16 Å². The van der Waals surface area contributed by atoms with Crippen molar-refractivity contribution in [1.29, 1.82) is 0 Å². The average Bonchev–Trinajstić information content (AvgIpc) is 3.19. The molecule has 23 heavy (non-hydrogen) atoms. The Labute approximate surface area is 136 Å². The van der Waals surface area contributed by atoms with E-state index >= 15 is 0 Å². The molecule has 6 heteroatoms. The van der Waals surface area contributed by atoms with Crippen LogP contribution in [0.2, 0.25) is 0 Å². The molecule has 0 atom stereocenters. The Hall–Kier alpha value is -2.60. The average molecular weight is 324 g/mol. The third-order valence-electron chi connectivity index (χ3n) is 3.46. The third kappa shape index (κ3) is 2.85. The van der Waals surface area contributed by atoms with Gasteiger partial charge in [0.2, 0.25) is 0 Å². The van der Waals surface area contributed by atoms with Gasteiger partial charge in [0.05, 0.1) is 11.4 Å². The predicted octanol–water partition coefficient (Wildman–Crippen LogP) is 3.95. The first kappa shape index (κ1) is 14.0. The van der Waals surface area contributed by atoms with Crippen molar-refractivity contribution in [1.82, 2.24) is 18.9 Å². The highest BCUT2D eigenvalue weighted by atomic mass is 32.2. The number of rotatable bonds is 4. The molecule has 0 spiro atoms. The lowest BCUT2D eigenvalue weighted by atomic mass is 10.3.